The predicted molar refractivity (Wildman–Crippen MR) is 104 cm³/mol. The van der Waals surface area contributed by atoms with E-state index in [9.17, 15) is 9.59 Å². The quantitative estimate of drug-likeness (QED) is 0.769. The van der Waals surface area contributed by atoms with E-state index in [4.69, 9.17) is 4.74 Å². The van der Waals surface area contributed by atoms with Gasteiger partial charge in [0, 0.05) is 29.4 Å². The van der Waals surface area contributed by atoms with Crippen LogP contribution in [0.4, 0.5) is 0 Å². The first-order valence-corrected chi connectivity index (χ1v) is 10.3. The number of esters is 1. The molecule has 1 aliphatic carbocycles. The molecule has 3 rings (SSSR count). The normalized spacial score (nSPS) is 20.7. The predicted octanol–water partition coefficient (Wildman–Crippen LogP) is 3.37. The van der Waals surface area contributed by atoms with Crippen molar-refractivity contribution in [3.05, 3.63) is 35.6 Å². The Morgan fingerprint density at radius 3 is 2.93 bits per heavy atom. The fourth-order valence-corrected chi connectivity index (χ4v) is 4.09. The first kappa shape index (κ1) is 19.5. The van der Waals surface area contributed by atoms with E-state index in [1.807, 2.05) is 17.5 Å². The van der Waals surface area contributed by atoms with Gasteiger partial charge in [-0.25, -0.2) is 4.98 Å². The summed E-state index contributed by atoms with van der Waals surface area (Å²) in [6, 6.07) is 3.94. The number of amides is 1. The summed E-state index contributed by atoms with van der Waals surface area (Å²) < 4.78 is 5.31. The van der Waals surface area contributed by atoms with E-state index in [0.717, 1.165) is 29.8 Å². The van der Waals surface area contributed by atoms with Gasteiger partial charge in [0.2, 0.25) is 0 Å². The number of carbonyl (C=O) groups excluding carboxylic acids is 2. The molecule has 0 aliphatic heterocycles. The van der Waals surface area contributed by atoms with E-state index < -0.39 is 12.1 Å². The number of nitrogens with one attached hydrogen (secondary N) is 1. The van der Waals surface area contributed by atoms with Crippen LogP contribution in [-0.4, -0.2) is 34.0 Å². The van der Waals surface area contributed by atoms with Gasteiger partial charge < -0.3 is 10.1 Å². The van der Waals surface area contributed by atoms with Gasteiger partial charge in [0.15, 0.2) is 6.10 Å². The molecule has 144 valence electrons. The van der Waals surface area contributed by atoms with Gasteiger partial charge in [0.25, 0.3) is 5.91 Å². The molecule has 0 saturated heterocycles. The van der Waals surface area contributed by atoms with E-state index in [1.54, 1.807) is 19.3 Å². The van der Waals surface area contributed by atoms with Crippen LogP contribution in [0, 0.1) is 5.92 Å². The summed E-state index contributed by atoms with van der Waals surface area (Å²) in [5.74, 6) is -0.208. The average molecular weight is 388 g/mol. The Bertz CT molecular complexity index is 778. The number of thiazole rings is 1. The smallest absolute Gasteiger partial charge is 0.312 e. The second-order valence-electron chi connectivity index (χ2n) is 7.07. The van der Waals surface area contributed by atoms with Crippen molar-refractivity contribution in [2.45, 2.75) is 58.1 Å². The number of hydrogen-bond acceptors (Lipinski definition) is 6. The summed E-state index contributed by atoms with van der Waals surface area (Å²) >= 11 is 1.46. The summed E-state index contributed by atoms with van der Waals surface area (Å²) in [6.07, 6.45) is 7.15. The van der Waals surface area contributed by atoms with Gasteiger partial charge in [0.1, 0.15) is 5.01 Å². The molecule has 6 nitrogen and oxygen atoms in total. The van der Waals surface area contributed by atoms with Gasteiger partial charge in [-0.3, -0.25) is 14.6 Å². The molecule has 1 amide bonds. The van der Waals surface area contributed by atoms with Crippen LogP contribution in [0.2, 0.25) is 0 Å². The third-order valence-electron chi connectivity index (χ3n) is 4.90. The van der Waals surface area contributed by atoms with Crippen LogP contribution in [0.1, 0.15) is 45.2 Å². The molecule has 0 bridgehead atoms. The van der Waals surface area contributed by atoms with Crippen molar-refractivity contribution < 1.29 is 14.3 Å². The molecule has 2 aromatic heterocycles. The van der Waals surface area contributed by atoms with Crippen molar-refractivity contribution in [2.75, 3.05) is 0 Å². The number of ether oxygens (including phenoxy) is 1. The van der Waals surface area contributed by atoms with Crippen LogP contribution in [0.15, 0.2) is 29.9 Å². The SMILES string of the molecule is C[C@@H](OC(=O)Cc1csc(-c2cccnc2)n1)C(=O)N[C@@H]1CCCC[C@@H]1C. The molecule has 2 aromatic rings. The fraction of sp³-hybridized carbons (Fsp3) is 0.500. The van der Waals surface area contributed by atoms with Gasteiger partial charge in [-0.15, -0.1) is 11.3 Å². The van der Waals surface area contributed by atoms with E-state index in [2.05, 4.69) is 22.2 Å². The molecule has 3 atom stereocenters. The second kappa shape index (κ2) is 9.08. The lowest BCUT2D eigenvalue weighted by atomic mass is 9.86. The summed E-state index contributed by atoms with van der Waals surface area (Å²) in [4.78, 5) is 33.0. The fourth-order valence-electron chi connectivity index (χ4n) is 3.28. The van der Waals surface area contributed by atoms with Crippen molar-refractivity contribution in [2.24, 2.45) is 5.92 Å². The lowest BCUT2D eigenvalue weighted by Crippen LogP contribution is -2.46. The number of hydrogen-bond donors (Lipinski definition) is 1. The van der Waals surface area contributed by atoms with Crippen LogP contribution in [0.25, 0.3) is 10.6 Å². The maximum atomic E-state index is 12.3. The highest BCUT2D eigenvalue weighted by atomic mass is 32.1. The van der Waals surface area contributed by atoms with Crippen LogP contribution in [0.5, 0.6) is 0 Å². The minimum Gasteiger partial charge on any atom is -0.452 e. The highest BCUT2D eigenvalue weighted by Gasteiger charge is 2.26. The zero-order valence-corrected chi connectivity index (χ0v) is 16.5. The summed E-state index contributed by atoms with van der Waals surface area (Å²) in [5, 5.41) is 5.67. The lowest BCUT2D eigenvalue weighted by Gasteiger charge is -2.30. The van der Waals surface area contributed by atoms with Crippen molar-refractivity contribution in [3.8, 4) is 10.6 Å². The van der Waals surface area contributed by atoms with Gasteiger partial charge in [0.05, 0.1) is 12.1 Å². The first-order chi connectivity index (χ1) is 13.0. The Morgan fingerprint density at radius 1 is 1.37 bits per heavy atom. The highest BCUT2D eigenvalue weighted by Crippen LogP contribution is 2.24. The Labute approximate surface area is 163 Å². The van der Waals surface area contributed by atoms with E-state index in [1.165, 1.54) is 17.8 Å². The number of carbonyl (C=O) groups is 2. The Kier molecular flexibility index (Phi) is 6.55. The zero-order valence-electron chi connectivity index (χ0n) is 15.7. The summed E-state index contributed by atoms with van der Waals surface area (Å²) in [6.45, 7) is 3.77. The number of rotatable bonds is 6. The molecule has 0 aromatic carbocycles. The molecular weight excluding hydrogens is 362 g/mol. The second-order valence-corrected chi connectivity index (χ2v) is 7.93. The van der Waals surface area contributed by atoms with Crippen molar-refractivity contribution in [3.63, 3.8) is 0 Å². The Balaban J connectivity index is 1.50. The standard InChI is InChI=1S/C20H25N3O3S/c1-13-6-3-4-8-17(13)23-19(25)14(2)26-18(24)10-16-12-27-20(22-16)15-7-5-9-21-11-15/h5,7,9,11-14,17H,3-4,6,8,10H2,1-2H3,(H,23,25)/t13-,14+,17+/m0/s1. The molecule has 0 spiro atoms. The van der Waals surface area contributed by atoms with Crippen molar-refractivity contribution in [1.82, 2.24) is 15.3 Å². The van der Waals surface area contributed by atoms with Gasteiger partial charge in [-0.05, 0) is 37.8 Å². The van der Waals surface area contributed by atoms with Crippen LogP contribution in [0.3, 0.4) is 0 Å². The topological polar surface area (TPSA) is 81.2 Å². The van der Waals surface area contributed by atoms with Gasteiger partial charge in [-0.2, -0.15) is 0 Å². The van der Waals surface area contributed by atoms with Crippen molar-refractivity contribution >= 4 is 23.2 Å². The monoisotopic (exact) mass is 387 g/mol. The minimum absolute atomic E-state index is 0.0498. The molecule has 0 radical (unpaired) electrons. The number of aromatic nitrogens is 2. The maximum Gasteiger partial charge on any atom is 0.312 e. The van der Waals surface area contributed by atoms with Crippen LogP contribution >= 0.6 is 11.3 Å². The molecule has 1 aliphatic rings. The summed E-state index contributed by atoms with van der Waals surface area (Å²) in [5.41, 5.74) is 1.55. The van der Waals surface area contributed by atoms with Crippen LogP contribution < -0.4 is 5.32 Å². The molecule has 2 heterocycles. The van der Waals surface area contributed by atoms with Gasteiger partial charge >= 0.3 is 5.97 Å². The molecule has 1 fully saturated rings. The first-order valence-electron chi connectivity index (χ1n) is 9.37. The average Bonchev–Trinajstić information content (AvgIpc) is 3.12. The Morgan fingerprint density at radius 2 is 2.19 bits per heavy atom. The molecule has 7 heteroatoms. The molecule has 1 N–H and O–H groups in total. The Hall–Kier alpha value is -2.28. The third kappa shape index (κ3) is 5.35. The molecule has 0 unspecified atom stereocenters. The molecule has 27 heavy (non-hydrogen) atoms. The third-order valence-corrected chi connectivity index (χ3v) is 5.84. The highest BCUT2D eigenvalue weighted by molar-refractivity contribution is 7.13. The van der Waals surface area contributed by atoms with Gasteiger partial charge in [-0.1, -0.05) is 19.8 Å². The largest absolute Gasteiger partial charge is 0.452 e. The lowest BCUT2D eigenvalue weighted by molar-refractivity contribution is -0.154. The molecular formula is C20H25N3O3S. The zero-order chi connectivity index (χ0) is 19.2. The molecule has 1 saturated carbocycles. The van der Waals surface area contributed by atoms with E-state index in [0.29, 0.717) is 11.6 Å². The van der Waals surface area contributed by atoms with E-state index >= 15 is 0 Å². The number of nitrogens with zero attached hydrogens (tertiary/aromatic N) is 2. The summed E-state index contributed by atoms with van der Waals surface area (Å²) in [7, 11) is 0. The van der Waals surface area contributed by atoms with Crippen LogP contribution in [-0.2, 0) is 20.7 Å². The van der Waals surface area contributed by atoms with E-state index in [-0.39, 0.29) is 18.4 Å². The van der Waals surface area contributed by atoms with Crippen molar-refractivity contribution in [1.29, 1.82) is 0 Å². The minimum atomic E-state index is -0.803. The maximum absolute atomic E-state index is 12.3. The number of pyridine rings is 1.